The Morgan fingerprint density at radius 2 is 2.00 bits per heavy atom. The van der Waals surface area contributed by atoms with Crippen LogP contribution in [0, 0.1) is 6.92 Å². The highest BCUT2D eigenvalue weighted by Crippen LogP contribution is 2.22. The zero-order chi connectivity index (χ0) is 14.8. The van der Waals surface area contributed by atoms with E-state index in [0.29, 0.717) is 22.6 Å². The molecule has 0 unspecified atom stereocenters. The lowest BCUT2D eigenvalue weighted by molar-refractivity contribution is 0.369. The van der Waals surface area contributed by atoms with Crippen molar-refractivity contribution in [1.29, 1.82) is 0 Å². The predicted molar refractivity (Wildman–Crippen MR) is 81.8 cm³/mol. The quantitative estimate of drug-likeness (QED) is 0.845. The molecule has 0 aromatic heterocycles. The van der Waals surface area contributed by atoms with Crippen LogP contribution < -0.4 is 5.73 Å². The van der Waals surface area contributed by atoms with Crippen LogP contribution in [0.5, 0.6) is 0 Å². The molecular formula is C13H20N2O2S2. The van der Waals surface area contributed by atoms with E-state index in [1.807, 2.05) is 20.8 Å². The minimum absolute atomic E-state index is 0.0790. The van der Waals surface area contributed by atoms with Gasteiger partial charge >= 0.3 is 0 Å². The SMILES string of the molecule is CCN(C(C)C)S(=O)(=O)c1ccc(C(N)=S)cc1C. The Kier molecular flexibility index (Phi) is 5.06. The van der Waals surface area contributed by atoms with Gasteiger partial charge in [-0.3, -0.25) is 0 Å². The Hall–Kier alpha value is -0.980. The van der Waals surface area contributed by atoms with E-state index < -0.39 is 10.0 Å². The standard InChI is InChI=1S/C13H20N2O2S2/c1-5-15(9(2)3)19(16,17)12-7-6-11(13(14)18)8-10(12)4/h6-9H,5H2,1-4H3,(H2,14,18). The molecule has 0 aliphatic heterocycles. The molecule has 1 aromatic rings. The number of aryl methyl sites for hydroxylation is 1. The van der Waals surface area contributed by atoms with Crippen molar-refractivity contribution in [3.05, 3.63) is 29.3 Å². The van der Waals surface area contributed by atoms with Gasteiger partial charge < -0.3 is 5.73 Å². The average Bonchev–Trinajstić information content (AvgIpc) is 2.28. The first-order chi connectivity index (χ1) is 8.71. The number of nitrogens with zero attached hydrogens (tertiary/aromatic N) is 1. The summed E-state index contributed by atoms with van der Waals surface area (Å²) in [6.45, 7) is 7.75. The van der Waals surface area contributed by atoms with Gasteiger partial charge in [-0.15, -0.1) is 0 Å². The van der Waals surface area contributed by atoms with Crippen molar-refractivity contribution in [1.82, 2.24) is 4.31 Å². The monoisotopic (exact) mass is 300 g/mol. The topological polar surface area (TPSA) is 63.4 Å². The molecule has 106 valence electrons. The first-order valence-electron chi connectivity index (χ1n) is 6.14. The van der Waals surface area contributed by atoms with E-state index in [0.717, 1.165) is 0 Å². The van der Waals surface area contributed by atoms with Crippen LogP contribution in [0.1, 0.15) is 31.9 Å². The van der Waals surface area contributed by atoms with Gasteiger partial charge in [-0.1, -0.05) is 25.2 Å². The zero-order valence-corrected chi connectivity index (χ0v) is 13.3. The highest BCUT2D eigenvalue weighted by Gasteiger charge is 2.26. The van der Waals surface area contributed by atoms with Crippen LogP contribution in [0.25, 0.3) is 0 Å². The third-order valence-corrected chi connectivity index (χ3v) is 5.48. The second-order valence-corrected chi connectivity index (χ2v) is 6.95. The van der Waals surface area contributed by atoms with E-state index >= 15 is 0 Å². The van der Waals surface area contributed by atoms with E-state index in [1.165, 1.54) is 4.31 Å². The summed E-state index contributed by atoms with van der Waals surface area (Å²) >= 11 is 4.89. The summed E-state index contributed by atoms with van der Waals surface area (Å²) < 4.78 is 26.6. The lowest BCUT2D eigenvalue weighted by Gasteiger charge is -2.25. The molecule has 0 heterocycles. The summed E-state index contributed by atoms with van der Waals surface area (Å²) in [5.74, 6) is 0. The number of hydrogen-bond donors (Lipinski definition) is 1. The van der Waals surface area contributed by atoms with Crippen LogP contribution in [-0.4, -0.2) is 30.3 Å². The molecule has 2 N–H and O–H groups in total. The van der Waals surface area contributed by atoms with Gasteiger partial charge in [0.05, 0.1) is 4.90 Å². The van der Waals surface area contributed by atoms with E-state index in [9.17, 15) is 8.42 Å². The molecule has 0 radical (unpaired) electrons. The summed E-state index contributed by atoms with van der Waals surface area (Å²) in [4.78, 5) is 0.575. The Morgan fingerprint density at radius 3 is 2.37 bits per heavy atom. The molecule has 19 heavy (non-hydrogen) atoms. The first kappa shape index (κ1) is 16.1. The number of hydrogen-bond acceptors (Lipinski definition) is 3. The third-order valence-electron chi connectivity index (χ3n) is 2.93. The number of nitrogens with two attached hydrogens (primary N) is 1. The third kappa shape index (κ3) is 3.32. The van der Waals surface area contributed by atoms with Crippen molar-refractivity contribution in [3.63, 3.8) is 0 Å². The minimum Gasteiger partial charge on any atom is -0.389 e. The van der Waals surface area contributed by atoms with E-state index in [4.69, 9.17) is 18.0 Å². The maximum Gasteiger partial charge on any atom is 0.243 e. The molecule has 0 saturated heterocycles. The van der Waals surface area contributed by atoms with Crippen molar-refractivity contribution < 1.29 is 8.42 Å². The highest BCUT2D eigenvalue weighted by atomic mass is 32.2. The molecule has 1 rings (SSSR count). The molecule has 0 fully saturated rings. The summed E-state index contributed by atoms with van der Waals surface area (Å²) in [6.07, 6.45) is 0. The van der Waals surface area contributed by atoms with Gasteiger partial charge in [-0.05, 0) is 38.5 Å². The predicted octanol–water partition coefficient (Wildman–Crippen LogP) is 2.05. The average molecular weight is 300 g/mol. The summed E-state index contributed by atoms with van der Waals surface area (Å²) in [5.41, 5.74) is 6.88. The number of sulfonamides is 1. The fourth-order valence-electron chi connectivity index (χ4n) is 2.03. The van der Waals surface area contributed by atoms with Crippen molar-refractivity contribution in [2.75, 3.05) is 6.54 Å². The Morgan fingerprint density at radius 1 is 1.42 bits per heavy atom. The van der Waals surface area contributed by atoms with Crippen LogP contribution in [0.3, 0.4) is 0 Å². The molecule has 6 heteroatoms. The van der Waals surface area contributed by atoms with E-state index in [-0.39, 0.29) is 11.0 Å². The molecule has 0 amide bonds. The summed E-state index contributed by atoms with van der Waals surface area (Å²) in [6, 6.07) is 4.86. The van der Waals surface area contributed by atoms with Crippen LogP contribution in [0.2, 0.25) is 0 Å². The normalized spacial score (nSPS) is 12.1. The largest absolute Gasteiger partial charge is 0.389 e. The zero-order valence-electron chi connectivity index (χ0n) is 11.7. The molecule has 0 aliphatic carbocycles. The Balaban J connectivity index is 3.33. The molecule has 0 aliphatic rings. The molecule has 0 spiro atoms. The Bertz CT molecular complexity index is 580. The molecule has 0 saturated carbocycles. The van der Waals surface area contributed by atoms with Crippen LogP contribution in [0.4, 0.5) is 0 Å². The van der Waals surface area contributed by atoms with Crippen LogP contribution in [0.15, 0.2) is 23.1 Å². The molecule has 1 aromatic carbocycles. The first-order valence-corrected chi connectivity index (χ1v) is 7.99. The van der Waals surface area contributed by atoms with E-state index in [1.54, 1.807) is 25.1 Å². The van der Waals surface area contributed by atoms with Crippen molar-refractivity contribution >= 4 is 27.2 Å². The summed E-state index contributed by atoms with van der Waals surface area (Å²) in [7, 11) is -3.47. The second kappa shape index (κ2) is 5.98. The Labute approximate surface area is 120 Å². The van der Waals surface area contributed by atoms with Gasteiger partial charge in [-0.25, -0.2) is 8.42 Å². The van der Waals surface area contributed by atoms with Crippen molar-refractivity contribution in [2.24, 2.45) is 5.73 Å². The molecule has 0 atom stereocenters. The lowest BCUT2D eigenvalue weighted by atomic mass is 10.1. The van der Waals surface area contributed by atoms with Gasteiger partial charge in [0.25, 0.3) is 0 Å². The number of thiocarbonyl (C=S) groups is 1. The smallest absolute Gasteiger partial charge is 0.243 e. The molecular weight excluding hydrogens is 280 g/mol. The van der Waals surface area contributed by atoms with Crippen LogP contribution >= 0.6 is 12.2 Å². The van der Waals surface area contributed by atoms with Crippen molar-refractivity contribution in [3.8, 4) is 0 Å². The number of benzene rings is 1. The lowest BCUT2D eigenvalue weighted by Crippen LogP contribution is -2.37. The maximum atomic E-state index is 12.6. The fraction of sp³-hybridized carbons (Fsp3) is 0.462. The van der Waals surface area contributed by atoms with Gasteiger partial charge in [0.15, 0.2) is 0 Å². The second-order valence-electron chi connectivity index (χ2n) is 4.65. The van der Waals surface area contributed by atoms with Crippen molar-refractivity contribution in [2.45, 2.75) is 38.6 Å². The number of rotatable bonds is 5. The summed E-state index contributed by atoms with van der Waals surface area (Å²) in [5, 5.41) is 0. The molecule has 4 nitrogen and oxygen atoms in total. The van der Waals surface area contributed by atoms with E-state index in [2.05, 4.69) is 0 Å². The van der Waals surface area contributed by atoms with Gasteiger partial charge in [0.1, 0.15) is 4.99 Å². The molecule has 0 bridgehead atoms. The minimum atomic E-state index is -3.47. The van der Waals surface area contributed by atoms with Crippen LogP contribution in [-0.2, 0) is 10.0 Å². The maximum absolute atomic E-state index is 12.6. The van der Waals surface area contributed by atoms with Gasteiger partial charge in [0.2, 0.25) is 10.0 Å². The highest BCUT2D eigenvalue weighted by molar-refractivity contribution is 7.89. The van der Waals surface area contributed by atoms with Gasteiger partial charge in [0, 0.05) is 18.2 Å². The fourth-order valence-corrected chi connectivity index (χ4v) is 4.01. The van der Waals surface area contributed by atoms with Gasteiger partial charge in [-0.2, -0.15) is 4.31 Å².